The van der Waals surface area contributed by atoms with Crippen molar-refractivity contribution in [2.45, 2.75) is 46.7 Å². The van der Waals surface area contributed by atoms with Crippen molar-refractivity contribution in [2.75, 3.05) is 6.61 Å². The Morgan fingerprint density at radius 2 is 1.90 bits per heavy atom. The smallest absolute Gasteiger partial charge is 0.407 e. The van der Waals surface area contributed by atoms with Gasteiger partial charge in [-0.15, -0.1) is 11.3 Å². The van der Waals surface area contributed by atoms with Crippen LogP contribution in [0.25, 0.3) is 0 Å². The van der Waals surface area contributed by atoms with Gasteiger partial charge in [0.05, 0.1) is 13.2 Å². The Bertz CT molecular complexity index is 471. The van der Waals surface area contributed by atoms with Crippen LogP contribution in [0.15, 0.2) is 12.1 Å². The minimum atomic E-state index is -0.588. The Morgan fingerprint density at radius 3 is 2.43 bits per heavy atom. The van der Waals surface area contributed by atoms with E-state index in [4.69, 9.17) is 4.74 Å². The summed E-state index contributed by atoms with van der Waals surface area (Å²) >= 11 is 1.69. The number of carbonyl (C=O) groups is 2. The van der Waals surface area contributed by atoms with Crippen molar-refractivity contribution in [3.63, 3.8) is 0 Å². The van der Waals surface area contributed by atoms with Crippen LogP contribution in [0.2, 0.25) is 0 Å². The van der Waals surface area contributed by atoms with Gasteiger partial charge in [0, 0.05) is 9.75 Å². The second-order valence-corrected chi connectivity index (χ2v) is 6.28. The third-order valence-electron chi connectivity index (χ3n) is 3.00. The third-order valence-corrected chi connectivity index (χ3v) is 4.23. The average Bonchev–Trinajstić information content (AvgIpc) is 2.90. The third kappa shape index (κ3) is 5.75. The van der Waals surface area contributed by atoms with Crippen molar-refractivity contribution in [3.05, 3.63) is 21.9 Å². The van der Waals surface area contributed by atoms with Gasteiger partial charge in [0.25, 0.3) is 0 Å². The van der Waals surface area contributed by atoms with Crippen LogP contribution in [0.4, 0.5) is 4.79 Å². The van der Waals surface area contributed by atoms with E-state index in [1.54, 1.807) is 18.3 Å². The second-order valence-electron chi connectivity index (χ2n) is 5.03. The molecule has 118 valence electrons. The summed E-state index contributed by atoms with van der Waals surface area (Å²) in [5.41, 5.74) is 0. The quantitative estimate of drug-likeness (QED) is 0.813. The fourth-order valence-electron chi connectivity index (χ4n) is 1.83. The number of rotatable bonds is 7. The lowest BCUT2D eigenvalue weighted by Gasteiger charge is -2.21. The molecule has 2 N–H and O–H groups in total. The molecule has 2 amide bonds. The predicted molar refractivity (Wildman–Crippen MR) is 84.3 cm³/mol. The summed E-state index contributed by atoms with van der Waals surface area (Å²) in [6, 6.07) is 3.50. The van der Waals surface area contributed by atoms with Gasteiger partial charge in [0.2, 0.25) is 5.91 Å². The van der Waals surface area contributed by atoms with E-state index in [1.807, 2.05) is 19.9 Å². The molecule has 5 nitrogen and oxygen atoms in total. The lowest BCUT2D eigenvalue weighted by molar-refractivity contribution is -0.124. The zero-order valence-corrected chi connectivity index (χ0v) is 13.9. The van der Waals surface area contributed by atoms with E-state index in [-0.39, 0.29) is 18.4 Å². The van der Waals surface area contributed by atoms with Gasteiger partial charge in [0.1, 0.15) is 6.04 Å². The van der Waals surface area contributed by atoms with Crippen molar-refractivity contribution >= 4 is 23.3 Å². The van der Waals surface area contributed by atoms with Crippen LogP contribution < -0.4 is 10.6 Å². The number of amides is 2. The molecule has 6 heteroatoms. The van der Waals surface area contributed by atoms with Gasteiger partial charge in [-0.25, -0.2) is 4.79 Å². The Kier molecular flexibility index (Phi) is 7.22. The van der Waals surface area contributed by atoms with Crippen LogP contribution in [0.3, 0.4) is 0 Å². The molecule has 0 aliphatic rings. The molecule has 0 bridgehead atoms. The first-order valence-electron chi connectivity index (χ1n) is 7.26. The molecule has 0 saturated heterocycles. The topological polar surface area (TPSA) is 67.4 Å². The summed E-state index contributed by atoms with van der Waals surface area (Å²) in [7, 11) is 0. The van der Waals surface area contributed by atoms with E-state index in [0.29, 0.717) is 6.54 Å². The summed E-state index contributed by atoms with van der Waals surface area (Å²) in [6.07, 6.45) is 0.438. The van der Waals surface area contributed by atoms with Gasteiger partial charge < -0.3 is 15.4 Å². The molecular weight excluding hydrogens is 288 g/mol. The van der Waals surface area contributed by atoms with Gasteiger partial charge >= 0.3 is 6.09 Å². The first kappa shape index (κ1) is 17.5. The summed E-state index contributed by atoms with van der Waals surface area (Å²) in [5, 5.41) is 5.47. The molecule has 1 unspecified atom stereocenters. The molecule has 0 radical (unpaired) electrons. The normalized spacial score (nSPS) is 12.0. The number of thiophene rings is 1. The Morgan fingerprint density at radius 1 is 1.24 bits per heavy atom. The van der Waals surface area contributed by atoms with Crippen LogP contribution in [0, 0.1) is 5.92 Å². The molecule has 0 fully saturated rings. The van der Waals surface area contributed by atoms with E-state index in [0.717, 1.165) is 11.3 Å². The van der Waals surface area contributed by atoms with Crippen molar-refractivity contribution in [2.24, 2.45) is 5.92 Å². The van der Waals surface area contributed by atoms with E-state index < -0.39 is 12.1 Å². The minimum absolute atomic E-state index is 0.0102. The van der Waals surface area contributed by atoms with Gasteiger partial charge in [-0.2, -0.15) is 0 Å². The fourth-order valence-corrected chi connectivity index (χ4v) is 2.72. The van der Waals surface area contributed by atoms with Crippen LogP contribution in [-0.2, 0) is 22.5 Å². The predicted octanol–water partition coefficient (Wildman–Crippen LogP) is 2.70. The second kappa shape index (κ2) is 8.67. The molecule has 1 aromatic heterocycles. The Labute approximate surface area is 130 Å². The Hall–Kier alpha value is -1.56. The molecule has 1 heterocycles. The van der Waals surface area contributed by atoms with Crippen LogP contribution in [0.1, 0.15) is 37.4 Å². The summed E-state index contributed by atoms with van der Waals surface area (Å²) < 4.78 is 4.83. The summed E-state index contributed by atoms with van der Waals surface area (Å²) in [5.74, 6) is -0.201. The van der Waals surface area contributed by atoms with Crippen molar-refractivity contribution in [3.8, 4) is 0 Å². The first-order chi connectivity index (χ1) is 9.97. The maximum atomic E-state index is 12.2. The molecule has 1 rings (SSSR count). The van der Waals surface area contributed by atoms with Crippen LogP contribution in [-0.4, -0.2) is 24.6 Å². The highest BCUT2D eigenvalue weighted by Crippen LogP contribution is 2.16. The van der Waals surface area contributed by atoms with Crippen molar-refractivity contribution in [1.29, 1.82) is 0 Å². The van der Waals surface area contributed by atoms with E-state index in [9.17, 15) is 9.59 Å². The number of aryl methyl sites for hydroxylation is 1. The molecule has 0 aromatic carbocycles. The summed E-state index contributed by atoms with van der Waals surface area (Å²) in [4.78, 5) is 26.1. The average molecular weight is 312 g/mol. The highest BCUT2D eigenvalue weighted by molar-refractivity contribution is 7.11. The SMILES string of the molecule is CCOC(=O)NC(C(=O)NCc1ccc(CC)s1)C(C)C. The molecule has 1 aromatic rings. The largest absolute Gasteiger partial charge is 0.450 e. The molecule has 0 aliphatic heterocycles. The van der Waals surface area contributed by atoms with Crippen molar-refractivity contribution in [1.82, 2.24) is 10.6 Å². The van der Waals surface area contributed by atoms with E-state index >= 15 is 0 Å². The number of hydrogen-bond donors (Lipinski definition) is 2. The van der Waals surface area contributed by atoms with Crippen molar-refractivity contribution < 1.29 is 14.3 Å². The lowest BCUT2D eigenvalue weighted by atomic mass is 10.0. The minimum Gasteiger partial charge on any atom is -0.450 e. The highest BCUT2D eigenvalue weighted by Gasteiger charge is 2.24. The molecular formula is C15H24N2O3S. The number of carbonyl (C=O) groups excluding carboxylic acids is 2. The van der Waals surface area contributed by atoms with E-state index in [1.165, 1.54) is 4.88 Å². The Balaban J connectivity index is 2.54. The zero-order chi connectivity index (χ0) is 15.8. The van der Waals surface area contributed by atoms with Gasteiger partial charge in [-0.3, -0.25) is 4.79 Å². The molecule has 0 aliphatic carbocycles. The zero-order valence-electron chi connectivity index (χ0n) is 13.1. The molecule has 21 heavy (non-hydrogen) atoms. The molecule has 1 atom stereocenters. The number of alkyl carbamates (subject to hydrolysis) is 1. The first-order valence-corrected chi connectivity index (χ1v) is 8.08. The maximum Gasteiger partial charge on any atom is 0.407 e. The maximum absolute atomic E-state index is 12.2. The van der Waals surface area contributed by atoms with E-state index in [2.05, 4.69) is 23.6 Å². The van der Waals surface area contributed by atoms with Gasteiger partial charge in [-0.1, -0.05) is 20.8 Å². The molecule has 0 saturated carbocycles. The fraction of sp³-hybridized carbons (Fsp3) is 0.600. The van der Waals surface area contributed by atoms with Gasteiger partial charge in [-0.05, 0) is 31.4 Å². The number of nitrogens with one attached hydrogen (secondary N) is 2. The number of ether oxygens (including phenoxy) is 1. The highest BCUT2D eigenvalue weighted by atomic mass is 32.1. The standard InChI is InChI=1S/C15H24N2O3S/c1-5-11-7-8-12(21-11)9-16-14(18)13(10(3)4)17-15(19)20-6-2/h7-8,10,13H,5-6,9H2,1-4H3,(H,16,18)(H,17,19). The summed E-state index contributed by atoms with van der Waals surface area (Å²) in [6.45, 7) is 8.37. The lowest BCUT2D eigenvalue weighted by Crippen LogP contribution is -2.49. The molecule has 0 spiro atoms. The van der Waals surface area contributed by atoms with Crippen LogP contribution >= 0.6 is 11.3 Å². The monoisotopic (exact) mass is 312 g/mol. The van der Waals surface area contributed by atoms with Gasteiger partial charge in [0.15, 0.2) is 0 Å². The number of hydrogen-bond acceptors (Lipinski definition) is 4. The van der Waals surface area contributed by atoms with Crippen LogP contribution in [0.5, 0.6) is 0 Å².